The van der Waals surface area contributed by atoms with E-state index in [9.17, 15) is 33.4 Å². The minimum atomic E-state index is -4.85. The molecule has 0 radical (unpaired) electrons. The van der Waals surface area contributed by atoms with Gasteiger partial charge in [0.05, 0.1) is 21.6 Å². The molecule has 0 saturated heterocycles. The van der Waals surface area contributed by atoms with Crippen molar-refractivity contribution in [2.45, 2.75) is 6.18 Å². The Labute approximate surface area is 148 Å². The number of hydrogen-bond donors (Lipinski definition) is 0. The lowest BCUT2D eigenvalue weighted by molar-refractivity contribution is -0.394. The summed E-state index contributed by atoms with van der Waals surface area (Å²) in [7, 11) is 0. The van der Waals surface area contributed by atoms with Crippen molar-refractivity contribution in [2.75, 3.05) is 0 Å². The van der Waals surface area contributed by atoms with Gasteiger partial charge in [0, 0.05) is 11.6 Å². The summed E-state index contributed by atoms with van der Waals surface area (Å²) in [6.07, 6.45) is -4.85. The molecule has 1 aromatic heterocycles. The predicted octanol–water partition coefficient (Wildman–Crippen LogP) is 4.37. The molecule has 11 heteroatoms. The Morgan fingerprint density at radius 1 is 0.926 bits per heavy atom. The Hall–Kier alpha value is -3.76. The summed E-state index contributed by atoms with van der Waals surface area (Å²) in [5.41, 5.74) is -2.91. The number of nitrogens with zero attached hydrogens (tertiary/aromatic N) is 4. The Bertz CT molecular complexity index is 1030. The lowest BCUT2D eigenvalue weighted by Gasteiger charge is -2.10. The molecule has 0 N–H and O–H groups in total. The Morgan fingerprint density at radius 3 is 2.15 bits per heavy atom. The van der Waals surface area contributed by atoms with Crippen LogP contribution in [0.3, 0.4) is 0 Å². The third-order valence-corrected chi connectivity index (χ3v) is 3.66. The smallest absolute Gasteiger partial charge is 0.258 e. The third-order valence-electron chi connectivity index (χ3n) is 3.66. The van der Waals surface area contributed by atoms with Crippen molar-refractivity contribution in [1.29, 1.82) is 0 Å². The van der Waals surface area contributed by atoms with Crippen LogP contribution in [0, 0.1) is 20.2 Å². The highest BCUT2D eigenvalue weighted by molar-refractivity contribution is 5.63. The maximum atomic E-state index is 13.5. The van der Waals surface area contributed by atoms with Crippen molar-refractivity contribution in [1.82, 2.24) is 9.78 Å². The monoisotopic (exact) mass is 378 g/mol. The fourth-order valence-electron chi connectivity index (χ4n) is 2.47. The van der Waals surface area contributed by atoms with E-state index in [-0.39, 0.29) is 5.69 Å². The van der Waals surface area contributed by atoms with Crippen molar-refractivity contribution in [3.8, 4) is 16.9 Å². The minimum Gasteiger partial charge on any atom is -0.258 e. The molecule has 0 fully saturated rings. The number of nitro groups is 2. The minimum absolute atomic E-state index is 0.0458. The predicted molar refractivity (Wildman–Crippen MR) is 87.3 cm³/mol. The number of benzene rings is 2. The number of aromatic nitrogens is 2. The Balaban J connectivity index is 2.26. The van der Waals surface area contributed by atoms with Gasteiger partial charge in [-0.1, -0.05) is 30.3 Å². The van der Waals surface area contributed by atoms with Crippen LogP contribution in [0.1, 0.15) is 5.69 Å². The fraction of sp³-hybridized carbons (Fsp3) is 0.0625. The van der Waals surface area contributed by atoms with Crippen LogP contribution in [0.4, 0.5) is 24.5 Å². The molecule has 0 atom stereocenters. The van der Waals surface area contributed by atoms with Gasteiger partial charge in [0.1, 0.15) is 11.4 Å². The summed E-state index contributed by atoms with van der Waals surface area (Å²) >= 11 is 0. The van der Waals surface area contributed by atoms with Gasteiger partial charge in [0.2, 0.25) is 0 Å². The number of nitro benzene ring substituents is 2. The van der Waals surface area contributed by atoms with Crippen molar-refractivity contribution in [3.63, 3.8) is 0 Å². The molecule has 0 unspecified atom stereocenters. The molecule has 0 saturated carbocycles. The van der Waals surface area contributed by atoms with Crippen LogP contribution in [0.25, 0.3) is 16.9 Å². The summed E-state index contributed by atoms with van der Waals surface area (Å²) in [5.74, 6) is 0. The zero-order chi connectivity index (χ0) is 19.8. The van der Waals surface area contributed by atoms with Crippen LogP contribution in [0.2, 0.25) is 0 Å². The molecule has 3 aromatic rings. The number of non-ortho nitro benzene ring substituents is 1. The van der Waals surface area contributed by atoms with Crippen LogP contribution in [-0.2, 0) is 6.18 Å². The quantitative estimate of drug-likeness (QED) is 0.495. The molecule has 0 aliphatic carbocycles. The van der Waals surface area contributed by atoms with E-state index in [4.69, 9.17) is 0 Å². The highest BCUT2D eigenvalue weighted by atomic mass is 19.4. The molecular weight excluding hydrogens is 369 g/mol. The average molecular weight is 378 g/mol. The summed E-state index contributed by atoms with van der Waals surface area (Å²) in [4.78, 5) is 20.2. The van der Waals surface area contributed by atoms with E-state index >= 15 is 0 Å². The van der Waals surface area contributed by atoms with Gasteiger partial charge in [-0.15, -0.1) is 0 Å². The first-order valence-electron chi connectivity index (χ1n) is 7.34. The maximum Gasteiger partial charge on any atom is 0.433 e. The van der Waals surface area contributed by atoms with Crippen LogP contribution in [0.5, 0.6) is 0 Å². The van der Waals surface area contributed by atoms with E-state index in [1.807, 2.05) is 0 Å². The second-order valence-corrected chi connectivity index (χ2v) is 5.38. The molecule has 27 heavy (non-hydrogen) atoms. The number of alkyl halides is 3. The number of halogens is 3. The van der Waals surface area contributed by atoms with E-state index in [0.717, 1.165) is 18.2 Å². The standard InChI is InChI=1S/C16H9F3N4O4/c17-16(18,19)15-9-12(10-4-2-1-3-5-10)20-21(15)13-7-6-11(22(24)25)8-14(13)23(26)27/h1-9H. The normalized spacial score (nSPS) is 11.4. The summed E-state index contributed by atoms with van der Waals surface area (Å²) in [6, 6.07) is 11.1. The molecule has 2 aromatic carbocycles. The van der Waals surface area contributed by atoms with Crippen LogP contribution >= 0.6 is 0 Å². The molecule has 0 bridgehead atoms. The first-order valence-corrected chi connectivity index (χ1v) is 7.34. The van der Waals surface area contributed by atoms with E-state index in [0.29, 0.717) is 16.3 Å². The topological polar surface area (TPSA) is 104 Å². The van der Waals surface area contributed by atoms with Crippen molar-refractivity contribution in [2.24, 2.45) is 0 Å². The van der Waals surface area contributed by atoms with Gasteiger partial charge in [-0.05, 0) is 12.1 Å². The Morgan fingerprint density at radius 2 is 1.59 bits per heavy atom. The van der Waals surface area contributed by atoms with Gasteiger partial charge in [-0.2, -0.15) is 18.3 Å². The van der Waals surface area contributed by atoms with E-state index in [1.54, 1.807) is 18.2 Å². The lowest BCUT2D eigenvalue weighted by atomic mass is 10.1. The molecule has 0 aliphatic heterocycles. The first-order chi connectivity index (χ1) is 12.7. The number of hydrogen-bond acceptors (Lipinski definition) is 5. The van der Waals surface area contributed by atoms with Crippen molar-refractivity contribution < 1.29 is 23.0 Å². The third kappa shape index (κ3) is 3.47. The van der Waals surface area contributed by atoms with Crippen LogP contribution < -0.4 is 0 Å². The van der Waals surface area contributed by atoms with Crippen LogP contribution in [0.15, 0.2) is 54.6 Å². The molecule has 1 heterocycles. The largest absolute Gasteiger partial charge is 0.433 e. The molecule has 138 valence electrons. The van der Waals surface area contributed by atoms with Crippen molar-refractivity contribution in [3.05, 3.63) is 80.5 Å². The van der Waals surface area contributed by atoms with E-state index in [2.05, 4.69) is 5.10 Å². The maximum absolute atomic E-state index is 13.5. The second kappa shape index (κ2) is 6.52. The van der Waals surface area contributed by atoms with E-state index in [1.165, 1.54) is 12.1 Å². The Kier molecular flexibility index (Phi) is 4.35. The molecule has 8 nitrogen and oxygen atoms in total. The van der Waals surface area contributed by atoms with Gasteiger partial charge < -0.3 is 0 Å². The molecule has 0 aliphatic rings. The average Bonchev–Trinajstić information content (AvgIpc) is 3.07. The highest BCUT2D eigenvalue weighted by Crippen LogP contribution is 2.37. The van der Waals surface area contributed by atoms with E-state index < -0.39 is 38.8 Å². The summed E-state index contributed by atoms with van der Waals surface area (Å²) in [5, 5.41) is 25.9. The SMILES string of the molecule is O=[N+]([O-])c1ccc(-n2nc(-c3ccccc3)cc2C(F)(F)F)c([N+](=O)[O-])c1. The molecule has 0 amide bonds. The van der Waals surface area contributed by atoms with Gasteiger partial charge in [-0.3, -0.25) is 20.2 Å². The van der Waals surface area contributed by atoms with Gasteiger partial charge in [0.15, 0.2) is 0 Å². The molecule has 0 spiro atoms. The highest BCUT2D eigenvalue weighted by Gasteiger charge is 2.38. The van der Waals surface area contributed by atoms with Crippen LogP contribution in [-0.4, -0.2) is 19.6 Å². The zero-order valence-electron chi connectivity index (χ0n) is 13.3. The molecular formula is C16H9F3N4O4. The fourth-order valence-corrected chi connectivity index (χ4v) is 2.47. The summed E-state index contributed by atoms with van der Waals surface area (Å²) in [6.45, 7) is 0. The number of rotatable bonds is 4. The summed E-state index contributed by atoms with van der Waals surface area (Å²) < 4.78 is 40.8. The van der Waals surface area contributed by atoms with Gasteiger partial charge in [0.25, 0.3) is 5.69 Å². The molecule has 3 rings (SSSR count). The second-order valence-electron chi connectivity index (χ2n) is 5.38. The van der Waals surface area contributed by atoms with Gasteiger partial charge >= 0.3 is 11.9 Å². The van der Waals surface area contributed by atoms with Gasteiger partial charge in [-0.25, -0.2) is 4.68 Å². The van der Waals surface area contributed by atoms with Crippen molar-refractivity contribution >= 4 is 11.4 Å². The zero-order valence-corrected chi connectivity index (χ0v) is 13.3. The first kappa shape index (κ1) is 18.0. The lowest BCUT2D eigenvalue weighted by Crippen LogP contribution is -2.14.